The number of nitrogens with one attached hydrogen (secondary N) is 5. The summed E-state index contributed by atoms with van der Waals surface area (Å²) in [6.07, 6.45) is 7.79. The molecule has 7 aliphatic heterocycles. The van der Waals surface area contributed by atoms with E-state index >= 15 is 0 Å². The zero-order valence-electron chi connectivity index (χ0n) is 52.5. The van der Waals surface area contributed by atoms with E-state index in [9.17, 15) is 86.3 Å². The zero-order chi connectivity index (χ0) is 71.6. The Labute approximate surface area is 558 Å². The van der Waals surface area contributed by atoms with Crippen molar-refractivity contribution in [2.75, 3.05) is 60.2 Å². The fourth-order valence-corrected chi connectivity index (χ4v) is 8.99. The van der Waals surface area contributed by atoms with Crippen LogP contribution in [0.4, 0.5) is 0 Å². The molecule has 0 aromatic carbocycles. The fraction of sp³-hybridized carbons (Fsp3) is 0.508. The molecule has 7 amide bonds. The van der Waals surface area contributed by atoms with E-state index < -0.39 is 121 Å². The van der Waals surface area contributed by atoms with Crippen molar-refractivity contribution in [1.82, 2.24) is 36.4 Å². The molecule has 8 aliphatic rings. The standard InChI is InChI=1S/C13H16N2O5.C13H15NO6.C12H12N2O7.2C11H15NO6.CH4/c1-8-2-4-10(14-8)19-12(17)6-7-13(18)20-11-5-3-9(16)15-11;15-8-1-2-9(5-8)19-12(17)3-4-13(18)20-10-6-11(16)14-7-10;15-8-5-7(12(19)14-8)21-10(17)2-1-9(16)20-6-3-4-13-11(6)18;1-17-7-6-12-5-4-8(11(12)16)18-10(15)3-2-9(13)14;1-17-7-6-12-8(13)2-3-9(12)18-11(16)5-4-10(14)15;/h6-7,10-11,14H,1-5H2,(H,15,16);3-4,9-10H,1-2,5-7H2,(H,14,16);1-2,6-7H,3-5H2,(H,13,18)(H,14,15,19);2-3,8H,4-7H2,1H3,(H,13,14);4-5,9H,2-3,6-7H2,1H3,(H,14,15);1H4/b7-6+;4-3+;2-1+;3-2+;5-4+;. The molecule has 1 aliphatic carbocycles. The average Bonchev–Trinajstić information content (AvgIpc) is 1.84. The number of amides is 7. The fourth-order valence-electron chi connectivity index (χ4n) is 8.99. The Balaban J connectivity index is 0.000000319. The maximum Gasteiger partial charge on any atom is 0.332 e. The second-order valence-electron chi connectivity index (χ2n) is 21.1. The van der Waals surface area contributed by atoms with Crippen LogP contribution in [0.5, 0.6) is 0 Å². The third kappa shape index (κ3) is 31.5. The summed E-state index contributed by atoms with van der Waals surface area (Å²) in [4.78, 5) is 204. The van der Waals surface area contributed by atoms with Crippen LogP contribution in [0, 0.1) is 0 Å². The minimum atomic E-state index is -1.24. The summed E-state index contributed by atoms with van der Waals surface area (Å²) in [7, 11) is 3.05. The number of imide groups is 1. The van der Waals surface area contributed by atoms with Crippen LogP contribution in [0.3, 0.4) is 0 Å². The van der Waals surface area contributed by atoms with Crippen LogP contribution in [0.2, 0.25) is 0 Å². The van der Waals surface area contributed by atoms with E-state index in [1.54, 1.807) is 4.90 Å². The van der Waals surface area contributed by atoms with Crippen LogP contribution in [-0.2, 0) is 134 Å². The van der Waals surface area contributed by atoms with Crippen LogP contribution in [0.1, 0.15) is 90.9 Å². The molecule has 37 nitrogen and oxygen atoms in total. The molecular formula is C61H77N7O30. The summed E-state index contributed by atoms with van der Waals surface area (Å²) in [5, 5.41) is 29.1. The first kappa shape index (κ1) is 81.3. The Morgan fingerprint density at radius 1 is 0.480 bits per heavy atom. The number of methoxy groups -OCH3 is 2. The molecule has 8 rings (SSSR count). The topological polar surface area (TPSA) is 507 Å². The predicted molar refractivity (Wildman–Crippen MR) is 323 cm³/mol. The Kier molecular flexibility index (Phi) is 35.2. The number of ether oxygens (including phenoxy) is 10. The SMILES string of the molecule is C.C=C1CCC(OC(=O)/C=C/C(=O)OC2CCC(=O)N2)N1.COCCN1C(=O)CCC1OC(=O)/C=C/C(=O)O.COCCN1CCC(OC(=O)/C=C/C(=O)O)C1=O.O=C1CC(OC(=O)/C=C/C(=O)OC2CCNC2=O)C(=O)N1.O=C1CCC(OC(=O)/C=C/C(=O)OC2CNC(=O)C2)C1. The Morgan fingerprint density at radius 3 is 1.46 bits per heavy atom. The molecule has 37 heteroatoms. The molecule has 8 fully saturated rings. The minimum Gasteiger partial charge on any atom is -0.478 e. The normalized spacial score (nSPS) is 22.9. The number of carbonyl (C=O) groups excluding carboxylic acids is 16. The number of rotatable bonds is 24. The van der Waals surface area contributed by atoms with Gasteiger partial charge in [0.1, 0.15) is 18.0 Å². The predicted octanol–water partition coefficient (Wildman–Crippen LogP) is -2.52. The van der Waals surface area contributed by atoms with Crippen molar-refractivity contribution >= 4 is 107 Å². The van der Waals surface area contributed by atoms with Crippen molar-refractivity contribution in [2.45, 2.75) is 140 Å². The summed E-state index contributed by atoms with van der Waals surface area (Å²) in [6.45, 7) is 6.50. The van der Waals surface area contributed by atoms with Gasteiger partial charge in [0.25, 0.3) is 17.7 Å². The average molecular weight is 1390 g/mol. The van der Waals surface area contributed by atoms with Crippen molar-refractivity contribution in [3.63, 3.8) is 0 Å². The number of Topliss-reactive ketones (excluding diaryl/α,β-unsaturated/α-hetero) is 1. The number of nitrogens with zero attached hydrogens (tertiary/aromatic N) is 2. The van der Waals surface area contributed by atoms with Gasteiger partial charge in [-0.3, -0.25) is 43.7 Å². The summed E-state index contributed by atoms with van der Waals surface area (Å²) < 4.78 is 49.0. The van der Waals surface area contributed by atoms with Gasteiger partial charge in [0, 0.05) is 165 Å². The minimum absolute atomic E-state index is 0. The van der Waals surface area contributed by atoms with E-state index in [0.29, 0.717) is 109 Å². The molecule has 0 aromatic heterocycles. The van der Waals surface area contributed by atoms with Crippen molar-refractivity contribution in [3.8, 4) is 0 Å². The number of hydrogen-bond acceptors (Lipinski definition) is 29. The molecule has 0 radical (unpaired) electrons. The van der Waals surface area contributed by atoms with Gasteiger partial charge in [-0.15, -0.1) is 0 Å². The van der Waals surface area contributed by atoms with E-state index in [4.69, 9.17) is 52.8 Å². The van der Waals surface area contributed by atoms with Crippen LogP contribution >= 0.6 is 0 Å². The summed E-state index contributed by atoms with van der Waals surface area (Å²) >= 11 is 0. The van der Waals surface area contributed by atoms with Crippen LogP contribution in [-0.4, -0.2) is 236 Å². The molecule has 98 heavy (non-hydrogen) atoms. The van der Waals surface area contributed by atoms with Crippen LogP contribution in [0.15, 0.2) is 73.0 Å². The van der Waals surface area contributed by atoms with E-state index in [1.165, 1.54) is 19.1 Å². The second kappa shape index (κ2) is 42.5. The van der Waals surface area contributed by atoms with Crippen LogP contribution < -0.4 is 26.6 Å². The maximum atomic E-state index is 11.7. The Hall–Kier alpha value is -11.0. The highest BCUT2D eigenvalue weighted by Gasteiger charge is 2.36. The van der Waals surface area contributed by atoms with Gasteiger partial charge in [-0.1, -0.05) is 14.0 Å². The van der Waals surface area contributed by atoms with E-state index in [0.717, 1.165) is 60.7 Å². The van der Waals surface area contributed by atoms with Crippen molar-refractivity contribution in [1.29, 1.82) is 0 Å². The van der Waals surface area contributed by atoms with Crippen molar-refractivity contribution in [3.05, 3.63) is 73.0 Å². The molecule has 7 saturated heterocycles. The second-order valence-corrected chi connectivity index (χ2v) is 21.1. The number of ketones is 1. The first-order chi connectivity index (χ1) is 46.1. The maximum absolute atomic E-state index is 11.7. The molecule has 0 spiro atoms. The summed E-state index contributed by atoms with van der Waals surface area (Å²) in [5.74, 6) is -10.9. The van der Waals surface area contributed by atoms with Gasteiger partial charge < -0.3 is 88.6 Å². The molecular weight excluding hydrogens is 1310 g/mol. The molecule has 1 saturated carbocycles. The number of hydrogen-bond donors (Lipinski definition) is 7. The van der Waals surface area contributed by atoms with E-state index in [2.05, 4.69) is 32.6 Å². The summed E-state index contributed by atoms with van der Waals surface area (Å²) in [5.41, 5.74) is 0.822. The lowest BCUT2D eigenvalue weighted by Crippen LogP contribution is -2.38. The van der Waals surface area contributed by atoms with Crippen molar-refractivity contribution < 1.29 is 144 Å². The van der Waals surface area contributed by atoms with Gasteiger partial charge in [0.05, 0.1) is 32.6 Å². The largest absolute Gasteiger partial charge is 0.478 e. The number of allylic oxidation sites excluding steroid dienone is 1. The highest BCUT2D eigenvalue weighted by Crippen LogP contribution is 2.21. The lowest BCUT2D eigenvalue weighted by molar-refractivity contribution is -0.155. The number of carboxylic acid groups (broad SMARTS) is 2. The molecule has 7 heterocycles. The quantitative estimate of drug-likeness (QED) is 0.0227. The lowest BCUT2D eigenvalue weighted by atomic mass is 10.3. The molecule has 0 bridgehead atoms. The van der Waals surface area contributed by atoms with Gasteiger partial charge in [-0.2, -0.15) is 0 Å². The zero-order valence-corrected chi connectivity index (χ0v) is 52.5. The number of esters is 8. The van der Waals surface area contributed by atoms with Gasteiger partial charge in [0.15, 0.2) is 37.0 Å². The third-order valence-electron chi connectivity index (χ3n) is 13.6. The number of aliphatic carboxylic acids is 2. The van der Waals surface area contributed by atoms with Gasteiger partial charge >= 0.3 is 59.7 Å². The highest BCUT2D eigenvalue weighted by molar-refractivity contribution is 6.06. The highest BCUT2D eigenvalue weighted by atomic mass is 16.6. The molecule has 8 atom stereocenters. The number of carboxylic acids is 2. The molecule has 0 aromatic rings. The third-order valence-corrected chi connectivity index (χ3v) is 13.6. The summed E-state index contributed by atoms with van der Waals surface area (Å²) in [6, 6.07) is 0. The first-order valence-electron chi connectivity index (χ1n) is 29.8. The first-order valence-corrected chi connectivity index (χ1v) is 29.8. The number of likely N-dealkylation sites (tertiary alicyclic amines) is 2. The van der Waals surface area contributed by atoms with Gasteiger partial charge in [-0.25, -0.2) is 47.9 Å². The lowest BCUT2D eigenvalue weighted by Gasteiger charge is -2.23. The smallest absolute Gasteiger partial charge is 0.332 e. The van der Waals surface area contributed by atoms with Crippen molar-refractivity contribution in [2.24, 2.45) is 0 Å². The molecule has 7 N–H and O–H groups in total. The molecule has 536 valence electrons. The Morgan fingerprint density at radius 2 is 0.990 bits per heavy atom. The van der Waals surface area contributed by atoms with Gasteiger partial charge in [0.2, 0.25) is 23.6 Å². The van der Waals surface area contributed by atoms with E-state index in [-0.39, 0.29) is 68.6 Å². The monoisotopic (exact) mass is 1390 g/mol. The number of carbonyl (C=O) groups is 18. The van der Waals surface area contributed by atoms with Crippen LogP contribution in [0.25, 0.3) is 0 Å². The van der Waals surface area contributed by atoms with E-state index in [1.807, 2.05) is 5.32 Å². The Bertz CT molecular complexity index is 2980. The molecule has 8 unspecified atom stereocenters. The van der Waals surface area contributed by atoms with Gasteiger partial charge in [-0.05, 0) is 12.8 Å².